The number of fused-ring (bicyclic) bond motifs is 1. The van der Waals surface area contributed by atoms with E-state index in [-0.39, 0.29) is 11.9 Å². The maximum Gasteiger partial charge on any atom is 0.305 e. The van der Waals surface area contributed by atoms with E-state index in [1.54, 1.807) is 0 Å². The molecule has 0 fully saturated rings. The first kappa shape index (κ1) is 13.7. The molecule has 1 aliphatic heterocycles. The second-order valence-electron chi connectivity index (χ2n) is 5.40. The van der Waals surface area contributed by atoms with Crippen LogP contribution in [0, 0.1) is 6.92 Å². The van der Waals surface area contributed by atoms with E-state index in [0.717, 1.165) is 11.3 Å². The zero-order valence-corrected chi connectivity index (χ0v) is 12.2. The van der Waals surface area contributed by atoms with Crippen molar-refractivity contribution in [1.29, 1.82) is 0 Å². The molecule has 3 rings (SSSR count). The highest BCUT2D eigenvalue weighted by molar-refractivity contribution is 5.66. The standard InChI is InChI=1S/C18H18O3/c1-12-8-9-17-16(10-12)15(14-6-4-3-5-7-14)11-18(21-17)20-13(2)19/h3-10,15,18H,11H2,1-2H3/t15-,18-/m1/s1. The number of carbonyl (C=O) groups is 1. The molecule has 3 heteroatoms. The smallest absolute Gasteiger partial charge is 0.305 e. The molecule has 108 valence electrons. The lowest BCUT2D eigenvalue weighted by Gasteiger charge is -2.32. The van der Waals surface area contributed by atoms with Crippen molar-refractivity contribution in [2.75, 3.05) is 0 Å². The first-order valence-corrected chi connectivity index (χ1v) is 7.13. The normalized spacial score (nSPS) is 20.3. The molecule has 0 saturated carbocycles. The summed E-state index contributed by atoms with van der Waals surface area (Å²) in [7, 11) is 0. The van der Waals surface area contributed by atoms with Gasteiger partial charge in [-0.1, -0.05) is 48.0 Å². The number of hydrogen-bond acceptors (Lipinski definition) is 3. The van der Waals surface area contributed by atoms with E-state index in [9.17, 15) is 4.79 Å². The second kappa shape index (κ2) is 5.60. The first-order chi connectivity index (χ1) is 10.1. The van der Waals surface area contributed by atoms with Gasteiger partial charge in [0.25, 0.3) is 0 Å². The Morgan fingerprint density at radius 1 is 1.19 bits per heavy atom. The highest BCUT2D eigenvalue weighted by atomic mass is 16.7. The number of ether oxygens (including phenoxy) is 2. The number of hydrogen-bond donors (Lipinski definition) is 0. The maximum absolute atomic E-state index is 11.2. The molecule has 2 aromatic carbocycles. The molecule has 2 aromatic rings. The average molecular weight is 282 g/mol. The zero-order chi connectivity index (χ0) is 14.8. The van der Waals surface area contributed by atoms with Crippen molar-refractivity contribution in [2.45, 2.75) is 32.5 Å². The molecule has 1 aliphatic rings. The Hall–Kier alpha value is -2.29. The van der Waals surface area contributed by atoms with Gasteiger partial charge in [0.15, 0.2) is 0 Å². The summed E-state index contributed by atoms with van der Waals surface area (Å²) in [5.74, 6) is 0.661. The quantitative estimate of drug-likeness (QED) is 0.786. The summed E-state index contributed by atoms with van der Waals surface area (Å²) in [4.78, 5) is 11.2. The van der Waals surface area contributed by atoms with Crippen LogP contribution in [0.5, 0.6) is 5.75 Å². The van der Waals surface area contributed by atoms with E-state index in [4.69, 9.17) is 9.47 Å². The highest BCUT2D eigenvalue weighted by Gasteiger charge is 2.31. The van der Waals surface area contributed by atoms with Crippen LogP contribution in [0.25, 0.3) is 0 Å². The molecule has 0 unspecified atom stereocenters. The SMILES string of the molecule is CC(=O)O[C@H]1C[C@H](c2ccccc2)c2cc(C)ccc2O1. The molecular formula is C18H18O3. The van der Waals surface area contributed by atoms with E-state index < -0.39 is 6.29 Å². The van der Waals surface area contributed by atoms with Gasteiger partial charge in [0.1, 0.15) is 5.75 Å². The van der Waals surface area contributed by atoms with Crippen molar-refractivity contribution in [3.05, 3.63) is 65.2 Å². The number of carbonyl (C=O) groups excluding carboxylic acids is 1. The molecular weight excluding hydrogens is 264 g/mol. The van der Waals surface area contributed by atoms with E-state index >= 15 is 0 Å². The van der Waals surface area contributed by atoms with Gasteiger partial charge in [-0.05, 0) is 18.6 Å². The third-order valence-electron chi connectivity index (χ3n) is 3.73. The van der Waals surface area contributed by atoms with Gasteiger partial charge in [0, 0.05) is 24.8 Å². The molecule has 0 spiro atoms. The molecule has 0 amide bonds. The van der Waals surface area contributed by atoms with Crippen LogP contribution in [0.3, 0.4) is 0 Å². The first-order valence-electron chi connectivity index (χ1n) is 7.13. The van der Waals surface area contributed by atoms with Crippen LogP contribution in [-0.2, 0) is 9.53 Å². The van der Waals surface area contributed by atoms with Crippen LogP contribution in [0.15, 0.2) is 48.5 Å². The fourth-order valence-electron chi connectivity index (χ4n) is 2.81. The molecule has 0 radical (unpaired) electrons. The molecule has 21 heavy (non-hydrogen) atoms. The Balaban J connectivity index is 2.01. The summed E-state index contributed by atoms with van der Waals surface area (Å²) in [6, 6.07) is 16.4. The summed E-state index contributed by atoms with van der Waals surface area (Å²) in [6.07, 6.45) is 0.114. The minimum atomic E-state index is -0.525. The predicted octanol–water partition coefficient (Wildman–Crippen LogP) is 3.80. The predicted molar refractivity (Wildman–Crippen MR) is 80.3 cm³/mol. The molecule has 0 aliphatic carbocycles. The van der Waals surface area contributed by atoms with Gasteiger partial charge >= 0.3 is 5.97 Å². The average Bonchev–Trinajstić information content (AvgIpc) is 2.47. The zero-order valence-electron chi connectivity index (χ0n) is 12.2. The maximum atomic E-state index is 11.2. The van der Waals surface area contributed by atoms with E-state index in [1.165, 1.54) is 18.1 Å². The van der Waals surface area contributed by atoms with Gasteiger partial charge in [0.2, 0.25) is 6.29 Å². The van der Waals surface area contributed by atoms with Gasteiger partial charge in [-0.25, -0.2) is 0 Å². The largest absolute Gasteiger partial charge is 0.454 e. The fraction of sp³-hybridized carbons (Fsp3) is 0.278. The van der Waals surface area contributed by atoms with Crippen LogP contribution in [0.1, 0.15) is 36.0 Å². The van der Waals surface area contributed by atoms with E-state index in [1.807, 2.05) is 30.3 Å². The van der Waals surface area contributed by atoms with Crippen molar-refractivity contribution in [3.8, 4) is 5.75 Å². The molecule has 0 aromatic heterocycles. The summed E-state index contributed by atoms with van der Waals surface area (Å²) < 4.78 is 11.1. The Morgan fingerprint density at radius 2 is 1.95 bits per heavy atom. The summed E-state index contributed by atoms with van der Waals surface area (Å²) in [5.41, 5.74) is 3.57. The van der Waals surface area contributed by atoms with Crippen LogP contribution in [-0.4, -0.2) is 12.3 Å². The van der Waals surface area contributed by atoms with Gasteiger partial charge in [0.05, 0.1) is 0 Å². The van der Waals surface area contributed by atoms with Crippen molar-refractivity contribution < 1.29 is 14.3 Å². The van der Waals surface area contributed by atoms with Gasteiger partial charge in [-0.2, -0.15) is 0 Å². The molecule has 0 bridgehead atoms. The van der Waals surface area contributed by atoms with E-state index in [2.05, 4.69) is 25.1 Å². The van der Waals surface area contributed by atoms with E-state index in [0.29, 0.717) is 6.42 Å². The summed E-state index contributed by atoms with van der Waals surface area (Å²) >= 11 is 0. The van der Waals surface area contributed by atoms with Crippen LogP contribution >= 0.6 is 0 Å². The minimum Gasteiger partial charge on any atom is -0.454 e. The lowest BCUT2D eigenvalue weighted by molar-refractivity contribution is -0.163. The molecule has 2 atom stereocenters. The Morgan fingerprint density at radius 3 is 2.67 bits per heavy atom. The summed E-state index contributed by atoms with van der Waals surface area (Å²) in [6.45, 7) is 3.48. The number of aryl methyl sites for hydroxylation is 1. The Labute approximate surface area is 124 Å². The minimum absolute atomic E-state index is 0.180. The number of esters is 1. The van der Waals surface area contributed by atoms with Gasteiger partial charge < -0.3 is 9.47 Å². The second-order valence-corrected chi connectivity index (χ2v) is 5.40. The number of benzene rings is 2. The van der Waals surface area contributed by atoms with Crippen LogP contribution < -0.4 is 4.74 Å². The van der Waals surface area contributed by atoms with Gasteiger partial charge in [-0.15, -0.1) is 0 Å². The van der Waals surface area contributed by atoms with Gasteiger partial charge in [-0.3, -0.25) is 4.79 Å². The topological polar surface area (TPSA) is 35.5 Å². The van der Waals surface area contributed by atoms with Crippen molar-refractivity contribution in [1.82, 2.24) is 0 Å². The molecule has 0 N–H and O–H groups in total. The molecule has 3 nitrogen and oxygen atoms in total. The summed E-state index contributed by atoms with van der Waals surface area (Å²) in [5, 5.41) is 0. The van der Waals surface area contributed by atoms with Crippen LogP contribution in [0.4, 0.5) is 0 Å². The molecule has 0 saturated heterocycles. The number of rotatable bonds is 2. The molecule has 1 heterocycles. The monoisotopic (exact) mass is 282 g/mol. The van der Waals surface area contributed by atoms with Crippen molar-refractivity contribution in [2.24, 2.45) is 0 Å². The highest BCUT2D eigenvalue weighted by Crippen LogP contribution is 2.41. The Bertz CT molecular complexity index is 649. The van der Waals surface area contributed by atoms with Crippen molar-refractivity contribution in [3.63, 3.8) is 0 Å². The third-order valence-corrected chi connectivity index (χ3v) is 3.73. The van der Waals surface area contributed by atoms with Crippen molar-refractivity contribution >= 4 is 5.97 Å². The van der Waals surface area contributed by atoms with Crippen LogP contribution in [0.2, 0.25) is 0 Å². The lowest BCUT2D eigenvalue weighted by atomic mass is 9.85. The third kappa shape index (κ3) is 2.92. The Kier molecular flexibility index (Phi) is 3.65. The lowest BCUT2D eigenvalue weighted by Crippen LogP contribution is -2.30. The fourth-order valence-corrected chi connectivity index (χ4v) is 2.81.